The lowest BCUT2D eigenvalue weighted by atomic mass is 9.98. The van der Waals surface area contributed by atoms with Crippen LogP contribution in [0.5, 0.6) is 0 Å². The van der Waals surface area contributed by atoms with Crippen molar-refractivity contribution < 1.29 is 8.42 Å². The molecule has 0 bridgehead atoms. The molecule has 0 amide bonds. The standard InChI is InChI=1S/C10H13ClN2O2S/c11-5-6-16(14,15)10-8-3-1-2-4-9(8)12-7-13-10/h7H,1-6H2. The van der Waals surface area contributed by atoms with Gasteiger partial charge in [-0.1, -0.05) is 0 Å². The first-order valence-corrected chi connectivity index (χ1v) is 7.45. The van der Waals surface area contributed by atoms with Gasteiger partial charge in [0.2, 0.25) is 0 Å². The third-order valence-corrected chi connectivity index (χ3v) is 4.82. The summed E-state index contributed by atoms with van der Waals surface area (Å²) in [4.78, 5) is 8.07. The Morgan fingerprint density at radius 1 is 1.25 bits per heavy atom. The minimum Gasteiger partial charge on any atom is -0.241 e. The van der Waals surface area contributed by atoms with Crippen molar-refractivity contribution in [2.45, 2.75) is 30.7 Å². The summed E-state index contributed by atoms with van der Waals surface area (Å²) in [5.41, 5.74) is 1.69. The van der Waals surface area contributed by atoms with Gasteiger partial charge in [-0.3, -0.25) is 0 Å². The fourth-order valence-electron chi connectivity index (χ4n) is 1.96. The fraction of sp³-hybridized carbons (Fsp3) is 0.600. The maximum atomic E-state index is 11.9. The summed E-state index contributed by atoms with van der Waals surface area (Å²) in [5, 5.41) is 0.192. The Morgan fingerprint density at radius 3 is 2.75 bits per heavy atom. The second kappa shape index (κ2) is 4.67. The highest BCUT2D eigenvalue weighted by Gasteiger charge is 2.24. The fourth-order valence-corrected chi connectivity index (χ4v) is 3.77. The average molecular weight is 261 g/mol. The molecule has 0 aromatic carbocycles. The third kappa shape index (κ3) is 2.20. The van der Waals surface area contributed by atoms with Gasteiger partial charge in [-0.2, -0.15) is 0 Å². The van der Waals surface area contributed by atoms with Gasteiger partial charge in [-0.05, 0) is 25.7 Å². The largest absolute Gasteiger partial charge is 0.241 e. The summed E-state index contributed by atoms with van der Waals surface area (Å²) in [6.45, 7) is 0. The lowest BCUT2D eigenvalue weighted by Crippen LogP contribution is -2.17. The van der Waals surface area contributed by atoms with Crippen molar-refractivity contribution in [1.82, 2.24) is 9.97 Å². The topological polar surface area (TPSA) is 59.9 Å². The van der Waals surface area contributed by atoms with Gasteiger partial charge in [0.15, 0.2) is 14.9 Å². The van der Waals surface area contributed by atoms with Gasteiger partial charge >= 0.3 is 0 Å². The lowest BCUT2D eigenvalue weighted by molar-refractivity contribution is 0.583. The molecule has 0 N–H and O–H groups in total. The van der Waals surface area contributed by atoms with Gasteiger partial charge in [0, 0.05) is 17.1 Å². The smallest absolute Gasteiger partial charge is 0.197 e. The summed E-state index contributed by atoms with van der Waals surface area (Å²) < 4.78 is 23.9. The van der Waals surface area contributed by atoms with Crippen molar-refractivity contribution in [3.63, 3.8) is 0 Å². The van der Waals surface area contributed by atoms with Gasteiger partial charge in [0.1, 0.15) is 6.33 Å². The zero-order chi connectivity index (χ0) is 11.6. The van der Waals surface area contributed by atoms with E-state index in [0.29, 0.717) is 0 Å². The Labute approximate surface area is 100.0 Å². The predicted octanol–water partition coefficient (Wildman–Crippen LogP) is 1.37. The maximum Gasteiger partial charge on any atom is 0.197 e. The number of hydrogen-bond donors (Lipinski definition) is 0. The van der Waals surface area contributed by atoms with Crippen LogP contribution in [-0.4, -0.2) is 30.0 Å². The zero-order valence-corrected chi connectivity index (χ0v) is 10.4. The zero-order valence-electron chi connectivity index (χ0n) is 8.82. The van der Waals surface area contributed by atoms with Crippen molar-refractivity contribution in [2.24, 2.45) is 0 Å². The Hall–Kier alpha value is -0.680. The molecule has 1 aromatic heterocycles. The van der Waals surface area contributed by atoms with Crippen LogP contribution < -0.4 is 0 Å². The van der Waals surface area contributed by atoms with E-state index in [1.165, 1.54) is 6.33 Å². The van der Waals surface area contributed by atoms with Crippen LogP contribution in [0, 0.1) is 0 Å². The molecular formula is C10H13ClN2O2S. The molecule has 1 heterocycles. The van der Waals surface area contributed by atoms with Crippen molar-refractivity contribution in [1.29, 1.82) is 0 Å². The first-order valence-electron chi connectivity index (χ1n) is 5.26. The number of halogens is 1. The number of aromatic nitrogens is 2. The predicted molar refractivity (Wildman–Crippen MR) is 61.4 cm³/mol. The van der Waals surface area contributed by atoms with Crippen molar-refractivity contribution >= 4 is 21.4 Å². The van der Waals surface area contributed by atoms with Crippen molar-refractivity contribution in [3.05, 3.63) is 17.6 Å². The van der Waals surface area contributed by atoms with Gasteiger partial charge in [-0.15, -0.1) is 11.6 Å². The first kappa shape index (κ1) is 11.8. The number of fused-ring (bicyclic) bond motifs is 1. The highest BCUT2D eigenvalue weighted by Crippen LogP contribution is 2.24. The van der Waals surface area contributed by atoms with Crippen LogP contribution in [0.15, 0.2) is 11.4 Å². The number of sulfone groups is 1. The van der Waals surface area contributed by atoms with Gasteiger partial charge in [-0.25, -0.2) is 18.4 Å². The molecule has 0 saturated carbocycles. The van der Waals surface area contributed by atoms with Crippen LogP contribution in [-0.2, 0) is 22.7 Å². The summed E-state index contributed by atoms with van der Waals surface area (Å²) in [6.07, 6.45) is 5.02. The van der Waals surface area contributed by atoms with Crippen LogP contribution in [0.2, 0.25) is 0 Å². The number of alkyl halides is 1. The van der Waals surface area contributed by atoms with E-state index in [-0.39, 0.29) is 16.7 Å². The third-order valence-electron chi connectivity index (χ3n) is 2.73. The van der Waals surface area contributed by atoms with E-state index in [2.05, 4.69) is 9.97 Å². The average Bonchev–Trinajstić information content (AvgIpc) is 2.28. The van der Waals surface area contributed by atoms with Crippen LogP contribution in [0.3, 0.4) is 0 Å². The molecule has 16 heavy (non-hydrogen) atoms. The molecule has 88 valence electrons. The van der Waals surface area contributed by atoms with E-state index in [0.717, 1.165) is 36.9 Å². The molecule has 0 saturated heterocycles. The molecule has 1 aliphatic carbocycles. The van der Waals surface area contributed by atoms with E-state index in [1.807, 2.05) is 0 Å². The van der Waals surface area contributed by atoms with Gasteiger partial charge < -0.3 is 0 Å². The normalized spacial score (nSPS) is 15.8. The SMILES string of the molecule is O=S(=O)(CCCl)c1ncnc2c1CCCC2. The second-order valence-corrected chi connectivity index (χ2v) is 6.22. The van der Waals surface area contributed by atoms with E-state index < -0.39 is 9.84 Å². The molecule has 1 aliphatic rings. The number of aryl methyl sites for hydroxylation is 1. The molecule has 0 spiro atoms. The molecule has 0 radical (unpaired) electrons. The highest BCUT2D eigenvalue weighted by molar-refractivity contribution is 7.91. The molecular weight excluding hydrogens is 248 g/mol. The minimum atomic E-state index is -3.33. The Morgan fingerprint density at radius 2 is 2.00 bits per heavy atom. The summed E-state index contributed by atoms with van der Waals surface area (Å²) in [7, 11) is -3.33. The monoisotopic (exact) mass is 260 g/mol. The second-order valence-electron chi connectivity index (χ2n) is 3.82. The van der Waals surface area contributed by atoms with Crippen LogP contribution in [0.1, 0.15) is 24.1 Å². The summed E-state index contributed by atoms with van der Waals surface area (Å²) >= 11 is 5.50. The molecule has 2 rings (SSSR count). The van der Waals surface area contributed by atoms with Crippen LogP contribution >= 0.6 is 11.6 Å². The number of rotatable bonds is 3. The van der Waals surface area contributed by atoms with Crippen LogP contribution in [0.4, 0.5) is 0 Å². The molecule has 0 aliphatic heterocycles. The van der Waals surface area contributed by atoms with E-state index in [1.54, 1.807) is 0 Å². The maximum absolute atomic E-state index is 11.9. The lowest BCUT2D eigenvalue weighted by Gasteiger charge is -2.16. The van der Waals surface area contributed by atoms with Crippen LogP contribution in [0.25, 0.3) is 0 Å². The highest BCUT2D eigenvalue weighted by atomic mass is 35.5. The van der Waals surface area contributed by atoms with E-state index in [4.69, 9.17) is 11.6 Å². The molecule has 1 aromatic rings. The Bertz CT molecular complexity index is 488. The molecule has 4 nitrogen and oxygen atoms in total. The van der Waals surface area contributed by atoms with Crippen molar-refractivity contribution in [2.75, 3.05) is 11.6 Å². The molecule has 0 fully saturated rings. The molecule has 0 atom stereocenters. The van der Waals surface area contributed by atoms with Crippen molar-refractivity contribution in [3.8, 4) is 0 Å². The van der Waals surface area contributed by atoms with E-state index in [9.17, 15) is 8.42 Å². The Kier molecular flexibility index (Phi) is 3.44. The van der Waals surface area contributed by atoms with Gasteiger partial charge in [0.25, 0.3) is 0 Å². The number of nitrogens with zero attached hydrogens (tertiary/aromatic N) is 2. The Balaban J connectivity index is 2.49. The van der Waals surface area contributed by atoms with E-state index >= 15 is 0 Å². The first-order chi connectivity index (χ1) is 7.65. The summed E-state index contributed by atoms with van der Waals surface area (Å²) in [5.74, 6) is 0.0408. The molecule has 0 unspecified atom stereocenters. The quantitative estimate of drug-likeness (QED) is 0.608. The minimum absolute atomic E-state index is 0.0575. The summed E-state index contributed by atoms with van der Waals surface area (Å²) in [6, 6.07) is 0. The number of hydrogen-bond acceptors (Lipinski definition) is 4. The van der Waals surface area contributed by atoms with Gasteiger partial charge in [0.05, 0.1) is 5.75 Å². The molecule has 6 heteroatoms.